The second-order valence-electron chi connectivity index (χ2n) is 4.67. The molecule has 0 radical (unpaired) electrons. The van der Waals surface area contributed by atoms with Gasteiger partial charge in [-0.3, -0.25) is 23.8 Å². The lowest BCUT2D eigenvalue weighted by Crippen LogP contribution is -2.34. The van der Waals surface area contributed by atoms with Gasteiger partial charge < -0.3 is 9.64 Å². The van der Waals surface area contributed by atoms with E-state index in [1.165, 1.54) is 0 Å². The Hall–Kier alpha value is -2.21. The topological polar surface area (TPSA) is 148 Å². The Morgan fingerprint density at radius 1 is 1.16 bits per heavy atom. The number of nitrogens with zero attached hydrogens (tertiary/aromatic N) is 2. The van der Waals surface area contributed by atoms with Crippen LogP contribution in [-0.2, 0) is 34.1 Å². The van der Waals surface area contributed by atoms with Gasteiger partial charge in [0.15, 0.2) is 0 Å². The van der Waals surface area contributed by atoms with Gasteiger partial charge in [-0.2, -0.15) is 8.42 Å². The third-order valence-corrected chi connectivity index (χ3v) is 3.43. The van der Waals surface area contributed by atoms with E-state index in [0.717, 1.165) is 4.90 Å². The van der Waals surface area contributed by atoms with E-state index in [-0.39, 0.29) is 38.3 Å². The van der Waals surface area contributed by atoms with Gasteiger partial charge in [0.1, 0.15) is 5.88 Å². The summed E-state index contributed by atoms with van der Waals surface area (Å²) in [6, 6.07) is 0. The van der Waals surface area contributed by atoms with Gasteiger partial charge >= 0.3 is 6.16 Å². The summed E-state index contributed by atoms with van der Waals surface area (Å²) in [7, 11) is -4.09. The first-order chi connectivity index (χ1) is 11.6. The van der Waals surface area contributed by atoms with Crippen molar-refractivity contribution in [2.24, 2.45) is 0 Å². The molecule has 1 saturated heterocycles. The Morgan fingerprint density at radius 3 is 2.04 bits per heavy atom. The summed E-state index contributed by atoms with van der Waals surface area (Å²) in [5, 5.41) is 0.442. The first kappa shape index (κ1) is 22.8. The highest BCUT2D eigenvalue weighted by molar-refractivity contribution is 7.85. The van der Waals surface area contributed by atoms with Crippen molar-refractivity contribution in [3.63, 3.8) is 0 Å². The van der Waals surface area contributed by atoms with Gasteiger partial charge in [-0.1, -0.05) is 12.0 Å². The SMILES string of the molecule is CCC(=O)N(CC)CS(=O)(=O)O.CCOC(=O)ON1C(=O)CCC1=O. The third-order valence-electron chi connectivity index (χ3n) is 2.79. The molecule has 1 N–H and O–H groups in total. The molecule has 1 rings (SSSR count). The van der Waals surface area contributed by atoms with Gasteiger partial charge in [0, 0.05) is 25.8 Å². The van der Waals surface area contributed by atoms with E-state index in [1.54, 1.807) is 20.8 Å². The minimum absolute atomic E-state index is 0.0816. The maximum atomic E-state index is 11.0. The minimum atomic E-state index is -4.09. The van der Waals surface area contributed by atoms with Gasteiger partial charge in [-0.25, -0.2) is 4.79 Å². The van der Waals surface area contributed by atoms with Crippen LogP contribution in [0.4, 0.5) is 4.79 Å². The molecule has 0 aromatic heterocycles. The number of amides is 3. The Labute approximate surface area is 145 Å². The van der Waals surface area contributed by atoms with Crippen molar-refractivity contribution in [1.29, 1.82) is 0 Å². The Balaban J connectivity index is 0.000000463. The van der Waals surface area contributed by atoms with Crippen molar-refractivity contribution < 1.29 is 41.7 Å². The molecule has 1 aliphatic heterocycles. The van der Waals surface area contributed by atoms with E-state index in [9.17, 15) is 27.6 Å². The lowest BCUT2D eigenvalue weighted by atomic mass is 10.4. The Bertz CT molecular complexity index is 587. The fourth-order valence-electron chi connectivity index (χ4n) is 1.64. The minimum Gasteiger partial charge on any atom is -0.433 e. The molecule has 144 valence electrons. The third kappa shape index (κ3) is 9.00. The van der Waals surface area contributed by atoms with Crippen LogP contribution in [0.5, 0.6) is 0 Å². The van der Waals surface area contributed by atoms with Gasteiger partial charge in [-0.15, -0.1) is 0 Å². The van der Waals surface area contributed by atoms with E-state index in [4.69, 9.17) is 4.55 Å². The number of hydrogen-bond donors (Lipinski definition) is 1. The summed E-state index contributed by atoms with van der Waals surface area (Å²) in [6.07, 6.45) is -0.633. The van der Waals surface area contributed by atoms with Crippen molar-refractivity contribution in [1.82, 2.24) is 9.96 Å². The van der Waals surface area contributed by atoms with Crippen molar-refractivity contribution in [2.75, 3.05) is 19.0 Å². The predicted molar refractivity (Wildman–Crippen MR) is 83.3 cm³/mol. The maximum Gasteiger partial charge on any atom is 0.533 e. The molecule has 11 nitrogen and oxygen atoms in total. The highest BCUT2D eigenvalue weighted by Gasteiger charge is 2.33. The Morgan fingerprint density at radius 2 is 1.68 bits per heavy atom. The second kappa shape index (κ2) is 10.6. The number of hydrogen-bond acceptors (Lipinski definition) is 8. The van der Waals surface area contributed by atoms with E-state index >= 15 is 0 Å². The van der Waals surface area contributed by atoms with Crippen LogP contribution >= 0.6 is 0 Å². The molecule has 0 aromatic carbocycles. The summed E-state index contributed by atoms with van der Waals surface area (Å²) in [5.74, 6) is -1.93. The van der Waals surface area contributed by atoms with Crippen LogP contribution in [0.1, 0.15) is 40.0 Å². The van der Waals surface area contributed by atoms with Crippen LogP contribution in [0.15, 0.2) is 0 Å². The summed E-state index contributed by atoms with van der Waals surface area (Å²) < 4.78 is 33.6. The van der Waals surface area contributed by atoms with Crippen LogP contribution in [0.25, 0.3) is 0 Å². The summed E-state index contributed by atoms with van der Waals surface area (Å²) in [4.78, 5) is 48.9. The molecule has 0 spiro atoms. The number of carbonyl (C=O) groups excluding carboxylic acids is 4. The van der Waals surface area contributed by atoms with Crippen LogP contribution in [-0.4, -0.2) is 65.8 Å². The van der Waals surface area contributed by atoms with Gasteiger partial charge in [0.2, 0.25) is 5.91 Å². The lowest BCUT2D eigenvalue weighted by Gasteiger charge is -2.17. The molecule has 0 unspecified atom stereocenters. The largest absolute Gasteiger partial charge is 0.533 e. The first-order valence-corrected chi connectivity index (χ1v) is 9.09. The van der Waals surface area contributed by atoms with E-state index in [0.29, 0.717) is 5.06 Å². The Kier molecular flexibility index (Phi) is 9.67. The zero-order chi connectivity index (χ0) is 19.6. The van der Waals surface area contributed by atoms with Crippen LogP contribution in [0.2, 0.25) is 0 Å². The van der Waals surface area contributed by atoms with E-state index < -0.39 is 34.0 Å². The summed E-state index contributed by atoms with van der Waals surface area (Å²) in [6.45, 7) is 5.30. The van der Waals surface area contributed by atoms with Crippen molar-refractivity contribution in [3.05, 3.63) is 0 Å². The molecule has 0 bridgehead atoms. The highest BCUT2D eigenvalue weighted by Crippen LogP contribution is 2.12. The zero-order valence-electron chi connectivity index (χ0n) is 14.3. The second-order valence-corrected chi connectivity index (χ2v) is 6.09. The molecule has 1 fully saturated rings. The molecule has 0 saturated carbocycles. The fourth-order valence-corrected chi connectivity index (χ4v) is 2.36. The molecule has 12 heteroatoms. The normalized spacial score (nSPS) is 13.8. The monoisotopic (exact) mass is 382 g/mol. The lowest BCUT2D eigenvalue weighted by molar-refractivity contribution is -0.176. The molecule has 25 heavy (non-hydrogen) atoms. The maximum absolute atomic E-state index is 11.0. The fraction of sp³-hybridized carbons (Fsp3) is 0.692. The van der Waals surface area contributed by atoms with Crippen LogP contribution < -0.4 is 0 Å². The van der Waals surface area contributed by atoms with Crippen LogP contribution in [0.3, 0.4) is 0 Å². The predicted octanol–water partition coefficient (Wildman–Crippen LogP) is 0.314. The zero-order valence-corrected chi connectivity index (χ0v) is 15.1. The van der Waals surface area contributed by atoms with E-state index in [1.807, 2.05) is 0 Å². The number of carbonyl (C=O) groups is 4. The average molecular weight is 382 g/mol. The first-order valence-electron chi connectivity index (χ1n) is 7.49. The summed E-state index contributed by atoms with van der Waals surface area (Å²) >= 11 is 0. The molecule has 0 aromatic rings. The molecular formula is C13H22N2O9S. The molecule has 1 heterocycles. The average Bonchev–Trinajstić information content (AvgIpc) is 2.83. The number of hydroxylamine groups is 2. The molecule has 0 aliphatic carbocycles. The smallest absolute Gasteiger partial charge is 0.433 e. The van der Waals surface area contributed by atoms with Gasteiger partial charge in [0.25, 0.3) is 21.9 Å². The quantitative estimate of drug-likeness (QED) is 0.389. The molecule has 0 atom stereocenters. The number of rotatable bonds is 6. The van der Waals surface area contributed by atoms with Crippen LogP contribution in [0, 0.1) is 0 Å². The molecule has 3 amide bonds. The number of ether oxygens (including phenoxy) is 1. The van der Waals surface area contributed by atoms with Gasteiger partial charge in [-0.05, 0) is 13.8 Å². The molecular weight excluding hydrogens is 360 g/mol. The number of imide groups is 1. The summed E-state index contributed by atoms with van der Waals surface area (Å²) in [5.41, 5.74) is 0. The highest BCUT2D eigenvalue weighted by atomic mass is 32.2. The standard InChI is InChI=1S/C7H9NO5.C6H13NO4S/c1-2-12-7(11)13-8-5(9)3-4-6(8)10;1-3-6(8)7(4-2)5-12(9,10)11/h2-4H2,1H3;3-5H2,1-2H3,(H,9,10,11). The van der Waals surface area contributed by atoms with Crippen molar-refractivity contribution in [3.8, 4) is 0 Å². The van der Waals surface area contributed by atoms with E-state index in [2.05, 4.69) is 9.57 Å². The van der Waals surface area contributed by atoms with Gasteiger partial charge in [0.05, 0.1) is 6.61 Å². The van der Waals surface area contributed by atoms with Crippen molar-refractivity contribution >= 4 is 34.0 Å². The van der Waals surface area contributed by atoms with Crippen molar-refractivity contribution in [2.45, 2.75) is 40.0 Å². The molecule has 1 aliphatic rings.